The topological polar surface area (TPSA) is 194 Å². The van der Waals surface area contributed by atoms with Crippen molar-refractivity contribution < 1.29 is 23.7 Å². The molecule has 0 spiro atoms. The number of fused-ring (bicyclic) bond motifs is 2. The number of carbonyl (C=O) groups is 1. The van der Waals surface area contributed by atoms with Crippen LogP contribution in [-0.2, 0) is 9.47 Å². The van der Waals surface area contributed by atoms with Gasteiger partial charge in [0.25, 0.3) is 5.91 Å². The SMILES string of the molecule is CN1CCN(c2ccc(C(=O)NC3CCC(Oc4cc(N5CCOCC5)cc5nccnc45)CC3)nc2)CC1.Nc1ccc(NC2CCC(Oc3cc(N4CCOCC4)cc4nccnc34)CC2)nc1. The summed E-state index contributed by atoms with van der Waals surface area (Å²) in [6.45, 7) is 10.4. The molecule has 6 aromatic rings. The number of amides is 1. The molecule has 2 aromatic carbocycles. The van der Waals surface area contributed by atoms with Crippen molar-refractivity contribution in [3.63, 3.8) is 0 Å². The normalized spacial score (nSPS) is 22.2. The summed E-state index contributed by atoms with van der Waals surface area (Å²) >= 11 is 0. The third-order valence-corrected chi connectivity index (χ3v) is 14.1. The molecule has 11 rings (SSSR count). The van der Waals surface area contributed by atoms with Crippen molar-refractivity contribution >= 4 is 56.5 Å². The Hall–Kier alpha value is -6.63. The van der Waals surface area contributed by atoms with Crippen molar-refractivity contribution in [2.45, 2.75) is 75.7 Å². The molecule has 5 fully saturated rings. The van der Waals surface area contributed by atoms with Gasteiger partial charge in [-0.3, -0.25) is 14.8 Å². The molecule has 3 saturated heterocycles. The zero-order valence-electron chi connectivity index (χ0n) is 40.1. The average Bonchev–Trinajstić information content (AvgIpc) is 3.41. The number of hydrogen-bond donors (Lipinski definition) is 3. The molecule has 0 bridgehead atoms. The van der Waals surface area contributed by atoms with Crippen LogP contribution in [0.25, 0.3) is 22.1 Å². The lowest BCUT2D eigenvalue weighted by Gasteiger charge is -2.33. The maximum Gasteiger partial charge on any atom is 0.270 e. The van der Waals surface area contributed by atoms with Gasteiger partial charge in [0.05, 0.1) is 73.4 Å². The Kier molecular flexibility index (Phi) is 15.1. The summed E-state index contributed by atoms with van der Waals surface area (Å²) in [5, 5.41) is 6.70. The summed E-state index contributed by atoms with van der Waals surface area (Å²) in [7, 11) is 2.14. The Labute approximate surface area is 409 Å². The lowest BCUT2D eigenvalue weighted by Crippen LogP contribution is -2.44. The predicted octanol–water partition coefficient (Wildman–Crippen LogP) is 5.98. The minimum absolute atomic E-state index is 0.0734. The lowest BCUT2D eigenvalue weighted by molar-refractivity contribution is 0.0890. The number of nitrogens with two attached hydrogens (primary N) is 1. The van der Waals surface area contributed by atoms with Crippen LogP contribution in [0.4, 0.5) is 28.6 Å². The first-order chi connectivity index (χ1) is 34.4. The average molecular weight is 952 g/mol. The standard InChI is InChI=1S/C29H37N7O3.C23H28N6O2/c1-34-10-12-35(13-11-34)22-4-7-25(32-20-22)29(37)33-21-2-5-24(6-3-21)39-27-19-23(36-14-16-38-17-15-36)18-26-28(27)31-9-8-30-26;24-16-1-6-22(27-15-16)28-17-2-4-19(5-3-17)31-21-14-18(29-9-11-30-12-10-29)13-20-23(21)26-8-7-25-20/h4,7-9,18-21,24H,2-3,5-6,10-17H2,1H3,(H,33,37);1,6-8,13-15,17,19H,2-5,9-12,24H2,(H,27,28). The van der Waals surface area contributed by atoms with E-state index in [4.69, 9.17) is 24.7 Å². The van der Waals surface area contributed by atoms with Crippen molar-refractivity contribution in [1.29, 1.82) is 0 Å². The van der Waals surface area contributed by atoms with E-state index in [0.29, 0.717) is 17.4 Å². The van der Waals surface area contributed by atoms with E-state index in [9.17, 15) is 4.79 Å². The Balaban J connectivity index is 0.000000166. The molecule has 3 aliphatic heterocycles. The minimum Gasteiger partial charge on any atom is -0.488 e. The van der Waals surface area contributed by atoms with E-state index in [-0.39, 0.29) is 24.2 Å². The van der Waals surface area contributed by atoms with Crippen molar-refractivity contribution in [2.75, 3.05) is 112 Å². The molecule has 0 unspecified atom stereocenters. The summed E-state index contributed by atoms with van der Waals surface area (Å²) < 4.78 is 24.0. The van der Waals surface area contributed by atoms with Gasteiger partial charge in [0.2, 0.25) is 0 Å². The molecule has 0 radical (unpaired) electrons. The van der Waals surface area contributed by atoms with Crippen LogP contribution in [0.1, 0.15) is 61.9 Å². The van der Waals surface area contributed by atoms with Gasteiger partial charge in [-0.25, -0.2) is 19.9 Å². The largest absolute Gasteiger partial charge is 0.488 e. The summed E-state index contributed by atoms with van der Waals surface area (Å²) in [6, 6.07) is 16.6. The number of carbonyl (C=O) groups excluding carboxylic acids is 1. The van der Waals surface area contributed by atoms with Gasteiger partial charge in [0.15, 0.2) is 0 Å². The zero-order chi connectivity index (χ0) is 47.7. The Morgan fingerprint density at radius 3 is 1.61 bits per heavy atom. The van der Waals surface area contributed by atoms with Crippen molar-refractivity contribution in [3.05, 3.63) is 91.4 Å². The van der Waals surface area contributed by atoms with Gasteiger partial charge in [-0.05, 0) is 94.8 Å². The zero-order valence-corrected chi connectivity index (χ0v) is 40.1. The van der Waals surface area contributed by atoms with Crippen LogP contribution in [0.3, 0.4) is 0 Å². The highest BCUT2D eigenvalue weighted by Crippen LogP contribution is 2.35. The van der Waals surface area contributed by atoms with Gasteiger partial charge >= 0.3 is 0 Å². The second kappa shape index (κ2) is 22.4. The maximum absolute atomic E-state index is 12.9. The van der Waals surface area contributed by atoms with Gasteiger partial charge in [0.1, 0.15) is 34.0 Å². The number of likely N-dealkylation sites (N-methyl/N-ethyl adjacent to an activating group) is 1. The number of benzene rings is 2. The number of ether oxygens (including phenoxy) is 4. The third-order valence-electron chi connectivity index (χ3n) is 14.1. The number of pyridine rings is 2. The molecule has 18 nitrogen and oxygen atoms in total. The number of nitrogens with zero attached hydrogens (tertiary/aromatic N) is 10. The molecule has 70 heavy (non-hydrogen) atoms. The first kappa shape index (κ1) is 47.1. The van der Waals surface area contributed by atoms with Crippen LogP contribution in [0.2, 0.25) is 0 Å². The fourth-order valence-corrected chi connectivity index (χ4v) is 9.99. The van der Waals surface area contributed by atoms with Crippen molar-refractivity contribution in [2.24, 2.45) is 0 Å². The molecule has 2 aliphatic carbocycles. The van der Waals surface area contributed by atoms with Gasteiger partial charge in [-0.1, -0.05) is 0 Å². The summed E-state index contributed by atoms with van der Waals surface area (Å²) in [4.78, 5) is 49.2. The predicted molar refractivity (Wildman–Crippen MR) is 272 cm³/mol. The Bertz CT molecular complexity index is 2640. The summed E-state index contributed by atoms with van der Waals surface area (Å²) in [6.07, 6.45) is 18.1. The van der Waals surface area contributed by atoms with E-state index >= 15 is 0 Å². The van der Waals surface area contributed by atoms with Gasteiger partial charge in [-0.15, -0.1) is 0 Å². The fourth-order valence-electron chi connectivity index (χ4n) is 9.99. The number of aromatic nitrogens is 6. The highest BCUT2D eigenvalue weighted by atomic mass is 16.5. The number of anilines is 5. The van der Waals surface area contributed by atoms with E-state index in [2.05, 4.69) is 91.5 Å². The molecule has 368 valence electrons. The number of nitrogen functional groups attached to an aromatic ring is 1. The fraction of sp³-hybridized carbons (Fsp3) is 0.481. The summed E-state index contributed by atoms with van der Waals surface area (Å²) in [5.74, 6) is 2.37. The van der Waals surface area contributed by atoms with E-state index < -0.39 is 0 Å². The molecule has 1 amide bonds. The molecule has 5 aliphatic rings. The number of morpholine rings is 2. The van der Waals surface area contributed by atoms with Gasteiger partial charge < -0.3 is 54.9 Å². The molecule has 4 aromatic heterocycles. The Morgan fingerprint density at radius 2 is 1.10 bits per heavy atom. The molecule has 18 heteroatoms. The number of piperazine rings is 1. The molecular formula is C52H65N13O5. The maximum atomic E-state index is 12.9. The van der Waals surface area contributed by atoms with E-state index in [1.807, 2.05) is 30.5 Å². The quantitative estimate of drug-likeness (QED) is 0.137. The van der Waals surface area contributed by atoms with Crippen LogP contribution in [0.15, 0.2) is 85.7 Å². The second-order valence-electron chi connectivity index (χ2n) is 18.9. The van der Waals surface area contributed by atoms with Crippen molar-refractivity contribution in [3.8, 4) is 11.5 Å². The van der Waals surface area contributed by atoms with E-state index in [1.54, 1.807) is 31.0 Å². The molecule has 2 saturated carbocycles. The van der Waals surface area contributed by atoms with Crippen LogP contribution >= 0.6 is 0 Å². The smallest absolute Gasteiger partial charge is 0.270 e. The Morgan fingerprint density at radius 1 is 0.571 bits per heavy atom. The minimum atomic E-state index is -0.108. The van der Waals surface area contributed by atoms with Crippen molar-refractivity contribution in [1.82, 2.24) is 40.1 Å². The lowest BCUT2D eigenvalue weighted by atomic mass is 9.92. The first-order valence-corrected chi connectivity index (χ1v) is 25.0. The highest BCUT2D eigenvalue weighted by molar-refractivity contribution is 5.92. The van der Waals surface area contributed by atoms with Crippen LogP contribution in [0.5, 0.6) is 11.5 Å². The number of rotatable bonds is 11. The molecular weight excluding hydrogens is 887 g/mol. The number of nitrogens with one attached hydrogen (secondary N) is 2. The monoisotopic (exact) mass is 952 g/mol. The molecule has 0 atom stereocenters. The summed E-state index contributed by atoms with van der Waals surface area (Å²) in [5.41, 5.74) is 13.5. The molecule has 4 N–H and O–H groups in total. The third kappa shape index (κ3) is 11.9. The van der Waals surface area contributed by atoms with Gasteiger partial charge in [-0.2, -0.15) is 0 Å². The molecule has 7 heterocycles. The van der Waals surface area contributed by atoms with E-state index in [0.717, 1.165) is 187 Å². The second-order valence-corrected chi connectivity index (χ2v) is 18.9. The van der Waals surface area contributed by atoms with Crippen LogP contribution in [-0.4, -0.2) is 151 Å². The number of hydrogen-bond acceptors (Lipinski definition) is 17. The van der Waals surface area contributed by atoms with Crippen LogP contribution in [0, 0.1) is 0 Å². The highest BCUT2D eigenvalue weighted by Gasteiger charge is 2.27. The van der Waals surface area contributed by atoms with Crippen LogP contribution < -0.4 is 40.5 Å². The first-order valence-electron chi connectivity index (χ1n) is 25.0. The van der Waals surface area contributed by atoms with E-state index in [1.165, 1.54) is 0 Å². The van der Waals surface area contributed by atoms with Gasteiger partial charge in [0, 0.05) is 113 Å².